The van der Waals surface area contributed by atoms with Crippen molar-refractivity contribution in [2.75, 3.05) is 13.1 Å². The average Bonchev–Trinajstić information content (AvgIpc) is 2.36. The third-order valence-electron chi connectivity index (χ3n) is 5.61. The van der Waals surface area contributed by atoms with E-state index < -0.39 is 0 Å². The molecule has 1 heterocycles. The Kier molecular flexibility index (Phi) is 5.08. The summed E-state index contributed by atoms with van der Waals surface area (Å²) in [7, 11) is 0. The van der Waals surface area contributed by atoms with E-state index in [1.807, 2.05) is 0 Å². The largest absolute Gasteiger partial charge is 0.326 e. The van der Waals surface area contributed by atoms with Crippen molar-refractivity contribution in [2.24, 2.45) is 11.1 Å². The van der Waals surface area contributed by atoms with Crippen LogP contribution in [0.3, 0.4) is 0 Å². The smallest absolute Gasteiger partial charge is 0.0247 e. The minimum atomic E-state index is 0.427. The molecule has 2 atom stereocenters. The minimum Gasteiger partial charge on any atom is -0.326 e. The lowest BCUT2D eigenvalue weighted by atomic mass is 9.77. The number of nitrogens with zero attached hydrogens (tertiary/aromatic N) is 1. The monoisotopic (exact) mass is 252 g/mol. The molecule has 2 rings (SSSR count). The Bertz CT molecular complexity index is 243. The maximum absolute atomic E-state index is 6.44. The lowest BCUT2D eigenvalue weighted by Crippen LogP contribution is -2.52. The van der Waals surface area contributed by atoms with E-state index >= 15 is 0 Å². The normalized spacial score (nSPS) is 34.8. The second kappa shape index (κ2) is 6.38. The number of rotatable bonds is 2. The molecule has 2 heteroatoms. The van der Waals surface area contributed by atoms with Crippen LogP contribution in [0.15, 0.2) is 0 Å². The molecule has 2 nitrogen and oxygen atoms in total. The molecule has 2 aliphatic rings. The van der Waals surface area contributed by atoms with E-state index in [4.69, 9.17) is 5.73 Å². The van der Waals surface area contributed by atoms with Gasteiger partial charge in [0.25, 0.3) is 0 Å². The Morgan fingerprint density at radius 3 is 2.28 bits per heavy atom. The Hall–Kier alpha value is -0.0800. The van der Waals surface area contributed by atoms with Gasteiger partial charge in [0.1, 0.15) is 0 Å². The fourth-order valence-corrected chi connectivity index (χ4v) is 3.70. The molecule has 0 aromatic rings. The summed E-state index contributed by atoms with van der Waals surface area (Å²) in [6, 6.07) is 1.10. The Labute approximate surface area is 113 Å². The first kappa shape index (κ1) is 14.3. The highest BCUT2D eigenvalue weighted by Gasteiger charge is 2.33. The number of hydrogen-bond donors (Lipinski definition) is 1. The number of piperidine rings is 1. The number of likely N-dealkylation sites (tertiary alicyclic amines) is 1. The molecule has 0 amide bonds. The van der Waals surface area contributed by atoms with E-state index in [1.165, 1.54) is 70.9 Å². The lowest BCUT2D eigenvalue weighted by molar-refractivity contribution is 0.0619. The van der Waals surface area contributed by atoms with Crippen molar-refractivity contribution in [3.63, 3.8) is 0 Å². The third-order valence-corrected chi connectivity index (χ3v) is 5.61. The Balaban J connectivity index is 1.90. The Morgan fingerprint density at radius 2 is 1.67 bits per heavy atom. The zero-order valence-electron chi connectivity index (χ0n) is 12.5. The summed E-state index contributed by atoms with van der Waals surface area (Å²) in [6.45, 7) is 7.37. The van der Waals surface area contributed by atoms with Crippen molar-refractivity contribution in [1.29, 1.82) is 0 Å². The average molecular weight is 252 g/mol. The van der Waals surface area contributed by atoms with E-state index in [9.17, 15) is 0 Å². The van der Waals surface area contributed by atoms with Gasteiger partial charge in [-0.1, -0.05) is 46.0 Å². The van der Waals surface area contributed by atoms with Crippen molar-refractivity contribution < 1.29 is 0 Å². The third kappa shape index (κ3) is 3.48. The van der Waals surface area contributed by atoms with Crippen LogP contribution in [-0.2, 0) is 0 Å². The summed E-state index contributed by atoms with van der Waals surface area (Å²) in [4.78, 5) is 2.72. The molecule has 18 heavy (non-hydrogen) atoms. The topological polar surface area (TPSA) is 29.3 Å². The van der Waals surface area contributed by atoms with Crippen molar-refractivity contribution in [2.45, 2.75) is 83.7 Å². The zero-order valence-corrected chi connectivity index (χ0v) is 12.5. The fraction of sp³-hybridized carbons (Fsp3) is 1.00. The molecule has 1 aliphatic heterocycles. The highest BCUT2D eigenvalue weighted by Crippen LogP contribution is 2.35. The van der Waals surface area contributed by atoms with E-state index in [1.54, 1.807) is 0 Å². The standard InChI is InChI=1S/C16H32N2/c1-3-16(2)10-12-18(13-11-16)15-9-7-5-4-6-8-14(15)17/h14-15H,3-13,17H2,1-2H3. The zero-order chi connectivity index (χ0) is 13.0. The highest BCUT2D eigenvalue weighted by molar-refractivity contribution is 4.89. The molecule has 2 unspecified atom stereocenters. The summed E-state index contributed by atoms with van der Waals surface area (Å²) in [5.74, 6) is 0. The summed E-state index contributed by atoms with van der Waals surface area (Å²) in [5, 5.41) is 0. The molecule has 0 spiro atoms. The predicted octanol–water partition coefficient (Wildman–Crippen LogP) is 3.55. The Morgan fingerprint density at radius 1 is 1.06 bits per heavy atom. The van der Waals surface area contributed by atoms with Crippen molar-refractivity contribution in [1.82, 2.24) is 4.90 Å². The summed E-state index contributed by atoms with van der Waals surface area (Å²) in [6.07, 6.45) is 12.2. The molecule has 1 saturated heterocycles. The van der Waals surface area contributed by atoms with Gasteiger partial charge in [0, 0.05) is 12.1 Å². The van der Waals surface area contributed by atoms with Gasteiger partial charge in [-0.3, -0.25) is 4.90 Å². The minimum absolute atomic E-state index is 0.427. The van der Waals surface area contributed by atoms with Crippen molar-refractivity contribution in [3.05, 3.63) is 0 Å². The molecule has 2 fully saturated rings. The predicted molar refractivity (Wildman–Crippen MR) is 78.7 cm³/mol. The van der Waals surface area contributed by atoms with Gasteiger partial charge in [-0.2, -0.15) is 0 Å². The molecule has 1 saturated carbocycles. The molecular weight excluding hydrogens is 220 g/mol. The summed E-state index contributed by atoms with van der Waals surface area (Å²) < 4.78 is 0. The second-order valence-corrected chi connectivity index (χ2v) is 6.92. The van der Waals surface area contributed by atoms with Crippen LogP contribution in [0.5, 0.6) is 0 Å². The highest BCUT2D eigenvalue weighted by atomic mass is 15.2. The fourth-order valence-electron chi connectivity index (χ4n) is 3.70. The van der Waals surface area contributed by atoms with E-state index in [-0.39, 0.29) is 0 Å². The van der Waals surface area contributed by atoms with Crippen molar-refractivity contribution in [3.8, 4) is 0 Å². The number of nitrogens with two attached hydrogens (primary N) is 1. The van der Waals surface area contributed by atoms with Gasteiger partial charge in [0.15, 0.2) is 0 Å². The van der Waals surface area contributed by atoms with E-state index in [2.05, 4.69) is 18.7 Å². The van der Waals surface area contributed by atoms with Gasteiger partial charge in [0.2, 0.25) is 0 Å². The van der Waals surface area contributed by atoms with Crippen LogP contribution in [0.1, 0.15) is 71.6 Å². The van der Waals surface area contributed by atoms with Gasteiger partial charge in [-0.25, -0.2) is 0 Å². The van der Waals surface area contributed by atoms with Crippen LogP contribution in [0.2, 0.25) is 0 Å². The maximum Gasteiger partial charge on any atom is 0.0247 e. The first-order valence-electron chi connectivity index (χ1n) is 8.14. The first-order valence-corrected chi connectivity index (χ1v) is 8.14. The molecule has 2 N–H and O–H groups in total. The molecule has 106 valence electrons. The van der Waals surface area contributed by atoms with Gasteiger partial charge >= 0.3 is 0 Å². The van der Waals surface area contributed by atoms with Gasteiger partial charge in [-0.05, 0) is 44.2 Å². The maximum atomic E-state index is 6.44. The second-order valence-electron chi connectivity index (χ2n) is 6.92. The summed E-state index contributed by atoms with van der Waals surface area (Å²) in [5.41, 5.74) is 7.04. The van der Waals surface area contributed by atoms with Gasteiger partial charge in [0.05, 0.1) is 0 Å². The first-order chi connectivity index (χ1) is 8.64. The quantitative estimate of drug-likeness (QED) is 0.814. The summed E-state index contributed by atoms with van der Waals surface area (Å²) >= 11 is 0. The molecule has 0 aromatic heterocycles. The van der Waals surface area contributed by atoms with E-state index in [0.717, 1.165) is 0 Å². The van der Waals surface area contributed by atoms with Gasteiger partial charge in [-0.15, -0.1) is 0 Å². The van der Waals surface area contributed by atoms with Crippen LogP contribution in [0.4, 0.5) is 0 Å². The van der Waals surface area contributed by atoms with Crippen LogP contribution in [-0.4, -0.2) is 30.1 Å². The molecule has 0 bridgehead atoms. The van der Waals surface area contributed by atoms with Crippen LogP contribution < -0.4 is 5.73 Å². The lowest BCUT2D eigenvalue weighted by Gasteiger charge is -2.44. The molecule has 1 aliphatic carbocycles. The molecular formula is C16H32N2. The molecule has 0 aromatic carbocycles. The van der Waals surface area contributed by atoms with Crippen molar-refractivity contribution >= 4 is 0 Å². The SMILES string of the molecule is CCC1(C)CCN(C2CCCCCCC2N)CC1. The molecule has 0 radical (unpaired) electrons. The van der Waals surface area contributed by atoms with Gasteiger partial charge < -0.3 is 5.73 Å². The van der Waals surface area contributed by atoms with Crippen LogP contribution in [0, 0.1) is 5.41 Å². The van der Waals surface area contributed by atoms with Crippen LogP contribution >= 0.6 is 0 Å². The number of hydrogen-bond acceptors (Lipinski definition) is 2. The van der Waals surface area contributed by atoms with E-state index in [0.29, 0.717) is 17.5 Å². The van der Waals surface area contributed by atoms with Crippen LogP contribution in [0.25, 0.3) is 0 Å².